The molecule has 1 aromatic heterocycles. The van der Waals surface area contributed by atoms with Crippen molar-refractivity contribution in [3.05, 3.63) is 52.7 Å². The fourth-order valence-electron chi connectivity index (χ4n) is 1.40. The Bertz CT molecular complexity index is 604. The second-order valence-electron chi connectivity index (χ2n) is 3.37. The number of halogens is 2. The van der Waals surface area contributed by atoms with Crippen molar-refractivity contribution in [2.75, 3.05) is 7.11 Å². The molecule has 2 aromatic rings. The first-order chi connectivity index (χ1) is 8.63. The third-order valence-corrected chi connectivity index (χ3v) is 2.56. The van der Waals surface area contributed by atoms with Crippen molar-refractivity contribution in [2.45, 2.75) is 0 Å². The van der Waals surface area contributed by atoms with E-state index in [4.69, 9.17) is 16.3 Å². The zero-order chi connectivity index (χ0) is 13.1. The second kappa shape index (κ2) is 5.10. The van der Waals surface area contributed by atoms with Crippen LogP contribution < -0.4 is 4.74 Å². The number of ketones is 1. The van der Waals surface area contributed by atoms with Crippen LogP contribution in [0.3, 0.4) is 0 Å². The summed E-state index contributed by atoms with van der Waals surface area (Å²) in [7, 11) is 1.38. The fourth-order valence-corrected chi connectivity index (χ4v) is 1.52. The highest BCUT2D eigenvalue weighted by Crippen LogP contribution is 2.20. The first-order valence-electron chi connectivity index (χ1n) is 4.98. The standard InChI is InChI=1S/C12H8ClFN2O2/c1-18-12-10(15-4-5-16-12)11(17)7-2-3-8(13)9(14)6-7/h2-6H,1H3. The van der Waals surface area contributed by atoms with Crippen molar-refractivity contribution >= 4 is 17.4 Å². The largest absolute Gasteiger partial charge is 0.479 e. The lowest BCUT2D eigenvalue weighted by Gasteiger charge is -2.05. The van der Waals surface area contributed by atoms with Crippen molar-refractivity contribution in [3.63, 3.8) is 0 Å². The number of methoxy groups -OCH3 is 1. The maximum absolute atomic E-state index is 13.3. The third-order valence-electron chi connectivity index (χ3n) is 2.25. The molecule has 0 amide bonds. The van der Waals surface area contributed by atoms with E-state index >= 15 is 0 Å². The van der Waals surface area contributed by atoms with Gasteiger partial charge in [-0.25, -0.2) is 14.4 Å². The number of rotatable bonds is 3. The molecule has 92 valence electrons. The van der Waals surface area contributed by atoms with Crippen LogP contribution in [0, 0.1) is 5.82 Å². The van der Waals surface area contributed by atoms with Crippen molar-refractivity contribution < 1.29 is 13.9 Å². The average molecular weight is 267 g/mol. The van der Waals surface area contributed by atoms with E-state index in [2.05, 4.69) is 9.97 Å². The number of aromatic nitrogens is 2. The molecular weight excluding hydrogens is 259 g/mol. The predicted octanol–water partition coefficient (Wildman–Crippen LogP) is 2.51. The number of ether oxygens (including phenoxy) is 1. The molecule has 18 heavy (non-hydrogen) atoms. The number of carbonyl (C=O) groups is 1. The summed E-state index contributed by atoms with van der Waals surface area (Å²) in [5.41, 5.74) is 0.164. The summed E-state index contributed by atoms with van der Waals surface area (Å²) in [5, 5.41) is -0.0438. The summed E-state index contributed by atoms with van der Waals surface area (Å²) in [5.74, 6) is -1.04. The van der Waals surface area contributed by atoms with Crippen LogP contribution in [0.1, 0.15) is 16.1 Å². The molecule has 0 fully saturated rings. The minimum atomic E-state index is -0.662. The van der Waals surface area contributed by atoms with Gasteiger partial charge < -0.3 is 4.74 Å². The Morgan fingerprint density at radius 1 is 1.33 bits per heavy atom. The highest BCUT2D eigenvalue weighted by molar-refractivity contribution is 6.30. The van der Waals surface area contributed by atoms with Gasteiger partial charge in [0.1, 0.15) is 5.82 Å². The monoisotopic (exact) mass is 266 g/mol. The van der Waals surface area contributed by atoms with E-state index < -0.39 is 11.6 Å². The Kier molecular flexibility index (Phi) is 3.53. The quantitative estimate of drug-likeness (QED) is 0.801. The van der Waals surface area contributed by atoms with Crippen LogP contribution in [0.5, 0.6) is 5.88 Å². The smallest absolute Gasteiger partial charge is 0.243 e. The van der Waals surface area contributed by atoms with Crippen molar-refractivity contribution in [2.24, 2.45) is 0 Å². The zero-order valence-corrected chi connectivity index (χ0v) is 10.1. The van der Waals surface area contributed by atoms with Crippen LogP contribution in [0.25, 0.3) is 0 Å². The molecule has 1 aromatic carbocycles. The molecule has 4 nitrogen and oxygen atoms in total. The molecule has 0 radical (unpaired) electrons. The van der Waals surface area contributed by atoms with Crippen LogP contribution in [0.15, 0.2) is 30.6 Å². The minimum absolute atomic E-state index is 0.0294. The average Bonchev–Trinajstić information content (AvgIpc) is 2.41. The molecule has 6 heteroatoms. The zero-order valence-electron chi connectivity index (χ0n) is 9.35. The molecule has 1 heterocycles. The fraction of sp³-hybridized carbons (Fsp3) is 0.0833. The number of carbonyl (C=O) groups excluding carboxylic acids is 1. The van der Waals surface area contributed by atoms with Crippen molar-refractivity contribution in [3.8, 4) is 5.88 Å². The van der Waals surface area contributed by atoms with Crippen LogP contribution in [-0.4, -0.2) is 22.9 Å². The number of nitrogens with zero attached hydrogens (tertiary/aromatic N) is 2. The Labute approximate surface area is 107 Å². The molecule has 0 N–H and O–H groups in total. The molecule has 0 atom stereocenters. The van der Waals surface area contributed by atoms with Gasteiger partial charge in [0.25, 0.3) is 0 Å². The first kappa shape index (κ1) is 12.4. The molecule has 0 aliphatic carbocycles. The topological polar surface area (TPSA) is 52.1 Å². The molecule has 0 bridgehead atoms. The van der Waals surface area contributed by atoms with E-state index in [0.29, 0.717) is 0 Å². The summed E-state index contributed by atoms with van der Waals surface area (Å²) in [6.07, 6.45) is 2.76. The Morgan fingerprint density at radius 3 is 2.72 bits per heavy atom. The van der Waals surface area contributed by atoms with Crippen molar-refractivity contribution in [1.82, 2.24) is 9.97 Å². The Balaban J connectivity index is 2.44. The lowest BCUT2D eigenvalue weighted by atomic mass is 10.1. The minimum Gasteiger partial charge on any atom is -0.479 e. The van der Waals surface area contributed by atoms with Gasteiger partial charge in [0.05, 0.1) is 12.1 Å². The van der Waals surface area contributed by atoms with E-state index in [1.807, 2.05) is 0 Å². The highest BCUT2D eigenvalue weighted by Gasteiger charge is 2.18. The summed E-state index contributed by atoms with van der Waals surface area (Å²) in [6.45, 7) is 0. The lowest BCUT2D eigenvalue weighted by molar-refractivity contribution is 0.103. The van der Waals surface area contributed by atoms with E-state index in [9.17, 15) is 9.18 Å². The third kappa shape index (κ3) is 2.31. The van der Waals surface area contributed by atoms with Crippen LogP contribution in [0.2, 0.25) is 5.02 Å². The molecule has 0 unspecified atom stereocenters. The predicted molar refractivity (Wildman–Crippen MR) is 63.4 cm³/mol. The molecule has 2 rings (SSSR count). The van der Waals surface area contributed by atoms with E-state index in [0.717, 1.165) is 6.07 Å². The summed E-state index contributed by atoms with van der Waals surface area (Å²) >= 11 is 5.55. The van der Waals surface area contributed by atoms with Gasteiger partial charge in [-0.2, -0.15) is 0 Å². The normalized spacial score (nSPS) is 10.2. The highest BCUT2D eigenvalue weighted by atomic mass is 35.5. The summed E-state index contributed by atoms with van der Waals surface area (Å²) in [6, 6.07) is 3.79. The van der Waals surface area contributed by atoms with Gasteiger partial charge in [0.2, 0.25) is 11.7 Å². The molecule has 0 aliphatic heterocycles. The summed E-state index contributed by atoms with van der Waals surface area (Å²) < 4.78 is 18.2. The van der Waals surface area contributed by atoms with Gasteiger partial charge in [-0.15, -0.1) is 0 Å². The number of hydrogen-bond donors (Lipinski definition) is 0. The summed E-state index contributed by atoms with van der Waals surface area (Å²) in [4.78, 5) is 19.8. The lowest BCUT2D eigenvalue weighted by Crippen LogP contribution is -2.08. The first-order valence-corrected chi connectivity index (χ1v) is 5.36. The van der Waals surface area contributed by atoms with Gasteiger partial charge in [0.15, 0.2) is 5.69 Å². The molecule has 0 saturated heterocycles. The van der Waals surface area contributed by atoms with Gasteiger partial charge in [-0.05, 0) is 18.2 Å². The Hall–Kier alpha value is -2.01. The second-order valence-corrected chi connectivity index (χ2v) is 3.78. The van der Waals surface area contributed by atoms with E-state index in [1.165, 1.54) is 31.6 Å². The maximum Gasteiger partial charge on any atom is 0.243 e. The van der Waals surface area contributed by atoms with Gasteiger partial charge in [0, 0.05) is 18.0 Å². The number of benzene rings is 1. The molecular formula is C12H8ClFN2O2. The van der Waals surface area contributed by atoms with Crippen LogP contribution in [-0.2, 0) is 0 Å². The molecule has 0 saturated carbocycles. The molecule has 0 aliphatic rings. The van der Waals surface area contributed by atoms with Crippen molar-refractivity contribution in [1.29, 1.82) is 0 Å². The SMILES string of the molecule is COc1nccnc1C(=O)c1ccc(Cl)c(F)c1. The van der Waals surface area contributed by atoms with Gasteiger partial charge >= 0.3 is 0 Å². The van der Waals surface area contributed by atoms with Gasteiger partial charge in [-0.3, -0.25) is 4.79 Å². The van der Waals surface area contributed by atoms with E-state index in [1.54, 1.807) is 0 Å². The number of hydrogen-bond acceptors (Lipinski definition) is 4. The van der Waals surface area contributed by atoms with E-state index in [-0.39, 0.29) is 22.2 Å². The maximum atomic E-state index is 13.3. The van der Waals surface area contributed by atoms with Crippen LogP contribution in [0.4, 0.5) is 4.39 Å². The van der Waals surface area contributed by atoms with Gasteiger partial charge in [-0.1, -0.05) is 11.6 Å². The molecule has 0 spiro atoms. The Morgan fingerprint density at radius 2 is 2.06 bits per heavy atom. The van der Waals surface area contributed by atoms with Crippen LogP contribution >= 0.6 is 11.6 Å².